The number of oxazole rings is 1. The molecule has 0 spiro atoms. The molecule has 1 heterocycles. The Morgan fingerprint density at radius 3 is 2.70 bits per heavy atom. The lowest BCUT2D eigenvalue weighted by Gasteiger charge is -2.17. The van der Waals surface area contributed by atoms with E-state index in [1.54, 1.807) is 0 Å². The van der Waals surface area contributed by atoms with Crippen LogP contribution in [0.2, 0.25) is 0 Å². The molecule has 3 rings (SSSR count). The third-order valence-corrected chi connectivity index (χ3v) is 3.68. The lowest BCUT2D eigenvalue weighted by molar-refractivity contribution is 0.105. The Bertz CT molecular complexity index is 793. The van der Waals surface area contributed by atoms with Gasteiger partial charge in [0.15, 0.2) is 5.58 Å². The molecule has 1 amide bonds. The SMILES string of the molecule is CCc1ccccc1C(OC(=O)NC)c1nc2ccccc2o1. The van der Waals surface area contributed by atoms with E-state index in [-0.39, 0.29) is 0 Å². The zero-order valence-electron chi connectivity index (χ0n) is 13.1. The molecule has 118 valence electrons. The number of aryl methyl sites for hydroxylation is 1. The first-order valence-corrected chi connectivity index (χ1v) is 7.54. The van der Waals surface area contributed by atoms with Crippen molar-refractivity contribution in [3.8, 4) is 0 Å². The standard InChI is InChI=1S/C18H18N2O3/c1-3-12-8-4-5-9-13(12)16(23-18(21)19-2)17-20-14-10-6-7-11-15(14)22-17/h4-11,16H,3H2,1-2H3,(H,19,21). The molecule has 1 aromatic heterocycles. The highest BCUT2D eigenvalue weighted by atomic mass is 16.6. The van der Waals surface area contributed by atoms with Crippen molar-refractivity contribution in [2.75, 3.05) is 7.05 Å². The number of nitrogens with zero attached hydrogens (tertiary/aromatic N) is 1. The van der Waals surface area contributed by atoms with Crippen molar-refractivity contribution >= 4 is 17.2 Å². The molecule has 0 fully saturated rings. The van der Waals surface area contributed by atoms with E-state index in [0.717, 1.165) is 23.1 Å². The number of amides is 1. The summed E-state index contributed by atoms with van der Waals surface area (Å²) in [6.07, 6.45) is -0.383. The Labute approximate surface area is 134 Å². The van der Waals surface area contributed by atoms with Crippen molar-refractivity contribution < 1.29 is 13.9 Å². The van der Waals surface area contributed by atoms with Crippen LogP contribution < -0.4 is 5.32 Å². The van der Waals surface area contributed by atoms with Gasteiger partial charge in [-0.05, 0) is 24.1 Å². The minimum Gasteiger partial charge on any atom is -0.436 e. The van der Waals surface area contributed by atoms with Gasteiger partial charge in [0, 0.05) is 12.6 Å². The Kier molecular flexibility index (Phi) is 4.28. The number of alkyl carbamates (subject to hydrolysis) is 1. The molecular weight excluding hydrogens is 292 g/mol. The van der Waals surface area contributed by atoms with E-state index in [1.165, 1.54) is 7.05 Å². The number of carbonyl (C=O) groups is 1. The molecule has 0 bridgehead atoms. The minimum absolute atomic E-state index is 0.371. The summed E-state index contributed by atoms with van der Waals surface area (Å²) in [5.74, 6) is 0.371. The van der Waals surface area contributed by atoms with Crippen LogP contribution in [0.25, 0.3) is 11.1 Å². The first-order valence-electron chi connectivity index (χ1n) is 7.54. The fourth-order valence-electron chi connectivity index (χ4n) is 2.53. The van der Waals surface area contributed by atoms with Crippen LogP contribution in [0.3, 0.4) is 0 Å². The summed E-state index contributed by atoms with van der Waals surface area (Å²) in [4.78, 5) is 16.3. The summed E-state index contributed by atoms with van der Waals surface area (Å²) in [5, 5.41) is 2.48. The van der Waals surface area contributed by atoms with E-state index < -0.39 is 12.2 Å². The average Bonchev–Trinajstić information content (AvgIpc) is 3.03. The molecule has 0 saturated heterocycles. The molecule has 5 nitrogen and oxygen atoms in total. The summed E-state index contributed by atoms with van der Waals surface area (Å²) in [6.45, 7) is 2.06. The van der Waals surface area contributed by atoms with Crippen molar-refractivity contribution in [2.24, 2.45) is 0 Å². The lowest BCUT2D eigenvalue weighted by atomic mass is 10.0. The molecule has 0 aliphatic rings. The summed E-state index contributed by atoms with van der Waals surface area (Å²) in [7, 11) is 1.52. The van der Waals surface area contributed by atoms with Crippen LogP contribution in [0.15, 0.2) is 52.9 Å². The Hall–Kier alpha value is -2.82. The third kappa shape index (κ3) is 3.04. The number of hydrogen-bond donors (Lipinski definition) is 1. The van der Waals surface area contributed by atoms with E-state index in [1.807, 2.05) is 48.5 Å². The number of rotatable bonds is 4. The van der Waals surface area contributed by atoms with Crippen LogP contribution in [0, 0.1) is 0 Å². The Balaban J connectivity index is 2.09. The van der Waals surface area contributed by atoms with Gasteiger partial charge in [-0.15, -0.1) is 0 Å². The van der Waals surface area contributed by atoms with Crippen molar-refractivity contribution in [3.63, 3.8) is 0 Å². The van der Waals surface area contributed by atoms with E-state index in [4.69, 9.17) is 9.15 Å². The lowest BCUT2D eigenvalue weighted by Crippen LogP contribution is -2.23. The molecule has 3 aromatic rings. The fourth-order valence-corrected chi connectivity index (χ4v) is 2.53. The summed E-state index contributed by atoms with van der Waals surface area (Å²) in [6, 6.07) is 15.3. The second-order valence-electron chi connectivity index (χ2n) is 5.11. The number of fused-ring (bicyclic) bond motifs is 1. The van der Waals surface area contributed by atoms with Gasteiger partial charge in [-0.25, -0.2) is 9.78 Å². The Morgan fingerprint density at radius 1 is 1.22 bits per heavy atom. The largest absolute Gasteiger partial charge is 0.436 e. The third-order valence-electron chi connectivity index (χ3n) is 3.68. The molecule has 0 radical (unpaired) electrons. The van der Waals surface area contributed by atoms with Crippen LogP contribution >= 0.6 is 0 Å². The number of carbonyl (C=O) groups excluding carboxylic acids is 1. The van der Waals surface area contributed by atoms with Crippen molar-refractivity contribution in [3.05, 3.63) is 65.5 Å². The molecule has 0 aliphatic heterocycles. The van der Waals surface area contributed by atoms with Gasteiger partial charge in [0.2, 0.25) is 12.0 Å². The van der Waals surface area contributed by atoms with Crippen molar-refractivity contribution in [2.45, 2.75) is 19.4 Å². The summed E-state index contributed by atoms with van der Waals surface area (Å²) >= 11 is 0. The molecule has 0 saturated carbocycles. The van der Waals surface area contributed by atoms with Gasteiger partial charge in [-0.2, -0.15) is 0 Å². The van der Waals surface area contributed by atoms with Crippen LogP contribution in [0.1, 0.15) is 30.0 Å². The first-order chi connectivity index (χ1) is 11.2. The second kappa shape index (κ2) is 6.52. The average molecular weight is 310 g/mol. The van der Waals surface area contributed by atoms with Crippen LogP contribution in [-0.2, 0) is 11.2 Å². The molecule has 2 aromatic carbocycles. The van der Waals surface area contributed by atoms with E-state index in [9.17, 15) is 4.79 Å². The number of aromatic nitrogens is 1. The molecular formula is C18H18N2O3. The molecule has 1 N–H and O–H groups in total. The second-order valence-corrected chi connectivity index (χ2v) is 5.11. The quantitative estimate of drug-likeness (QED) is 0.795. The number of hydrogen-bond acceptors (Lipinski definition) is 4. The molecule has 0 aliphatic carbocycles. The maximum absolute atomic E-state index is 11.8. The van der Waals surface area contributed by atoms with E-state index >= 15 is 0 Å². The van der Waals surface area contributed by atoms with Crippen LogP contribution in [0.4, 0.5) is 4.79 Å². The van der Waals surface area contributed by atoms with Crippen LogP contribution in [-0.4, -0.2) is 18.1 Å². The number of benzene rings is 2. The van der Waals surface area contributed by atoms with Gasteiger partial charge in [-0.3, -0.25) is 0 Å². The van der Waals surface area contributed by atoms with Crippen molar-refractivity contribution in [1.82, 2.24) is 10.3 Å². The van der Waals surface area contributed by atoms with Crippen molar-refractivity contribution in [1.29, 1.82) is 0 Å². The smallest absolute Gasteiger partial charge is 0.408 e. The molecule has 5 heteroatoms. The molecule has 1 unspecified atom stereocenters. The highest BCUT2D eigenvalue weighted by Gasteiger charge is 2.26. The minimum atomic E-state index is -0.682. The van der Waals surface area contributed by atoms with E-state index in [0.29, 0.717) is 11.5 Å². The molecule has 23 heavy (non-hydrogen) atoms. The van der Waals surface area contributed by atoms with Gasteiger partial charge < -0.3 is 14.5 Å². The normalized spacial score (nSPS) is 12.1. The summed E-state index contributed by atoms with van der Waals surface area (Å²) < 4.78 is 11.4. The summed E-state index contributed by atoms with van der Waals surface area (Å²) in [5.41, 5.74) is 3.37. The van der Waals surface area contributed by atoms with Gasteiger partial charge in [-0.1, -0.05) is 43.3 Å². The molecule has 1 atom stereocenters. The topological polar surface area (TPSA) is 64.4 Å². The van der Waals surface area contributed by atoms with Gasteiger partial charge >= 0.3 is 6.09 Å². The maximum atomic E-state index is 11.8. The van der Waals surface area contributed by atoms with Gasteiger partial charge in [0.05, 0.1) is 0 Å². The zero-order valence-corrected chi connectivity index (χ0v) is 13.1. The maximum Gasteiger partial charge on any atom is 0.408 e. The Morgan fingerprint density at radius 2 is 1.96 bits per heavy atom. The predicted molar refractivity (Wildman–Crippen MR) is 87.2 cm³/mol. The number of ether oxygens (including phenoxy) is 1. The monoisotopic (exact) mass is 310 g/mol. The first kappa shape index (κ1) is 15.1. The van der Waals surface area contributed by atoms with Gasteiger partial charge in [0.1, 0.15) is 5.52 Å². The predicted octanol–water partition coefficient (Wildman–Crippen LogP) is 3.84. The number of nitrogens with one attached hydrogen (secondary N) is 1. The van der Waals surface area contributed by atoms with Crippen LogP contribution in [0.5, 0.6) is 0 Å². The fraction of sp³-hybridized carbons (Fsp3) is 0.222. The highest BCUT2D eigenvalue weighted by molar-refractivity contribution is 5.72. The van der Waals surface area contributed by atoms with Gasteiger partial charge in [0.25, 0.3) is 0 Å². The zero-order chi connectivity index (χ0) is 16.2. The highest BCUT2D eigenvalue weighted by Crippen LogP contribution is 2.30. The number of para-hydroxylation sites is 2. The van der Waals surface area contributed by atoms with E-state index in [2.05, 4.69) is 17.2 Å².